The Morgan fingerprint density at radius 3 is 2.93 bits per heavy atom. The molecule has 1 atom stereocenters. The van der Waals surface area contributed by atoms with E-state index in [1.807, 2.05) is 10.8 Å². The van der Waals surface area contributed by atoms with Crippen LogP contribution in [-0.4, -0.2) is 16.3 Å². The zero-order valence-electron chi connectivity index (χ0n) is 9.33. The minimum absolute atomic E-state index is 0.211. The molecular weight excluding hydrogens is 210 g/mol. The number of hydrogen-bond acceptors (Lipinski definition) is 2. The summed E-state index contributed by atoms with van der Waals surface area (Å²) in [5.74, 6) is 0. The smallest absolute Gasteiger partial charge is 0.0834 e. The van der Waals surface area contributed by atoms with Gasteiger partial charge in [-0.25, -0.2) is 0 Å². The molecule has 0 aliphatic carbocycles. The Labute approximate surface area is 96.1 Å². The molecule has 0 aliphatic heterocycles. The lowest BCUT2D eigenvalue weighted by Gasteiger charge is -2.17. The van der Waals surface area contributed by atoms with Gasteiger partial charge < -0.3 is 5.32 Å². The van der Waals surface area contributed by atoms with Gasteiger partial charge in [-0.2, -0.15) is 5.10 Å². The molecule has 0 saturated carbocycles. The van der Waals surface area contributed by atoms with E-state index >= 15 is 0 Å². The number of aromatic nitrogens is 2. The summed E-state index contributed by atoms with van der Waals surface area (Å²) < 4.78 is 1.93. The lowest BCUT2D eigenvalue weighted by atomic mass is 10.1. The van der Waals surface area contributed by atoms with Crippen LogP contribution >= 0.6 is 11.6 Å². The minimum atomic E-state index is 0.211. The molecule has 0 spiro atoms. The van der Waals surface area contributed by atoms with E-state index in [1.54, 1.807) is 6.20 Å². The molecule has 0 amide bonds. The van der Waals surface area contributed by atoms with Crippen LogP contribution in [0.1, 0.15) is 32.0 Å². The van der Waals surface area contributed by atoms with Gasteiger partial charge in [0.25, 0.3) is 0 Å². The van der Waals surface area contributed by atoms with E-state index in [4.69, 9.17) is 11.6 Å². The first-order valence-corrected chi connectivity index (χ1v) is 5.67. The van der Waals surface area contributed by atoms with Crippen molar-refractivity contribution in [2.24, 2.45) is 0 Å². The second kappa shape index (κ2) is 5.93. The van der Waals surface area contributed by atoms with E-state index in [-0.39, 0.29) is 6.04 Å². The molecular formula is C11H18ClN3. The lowest BCUT2D eigenvalue weighted by molar-refractivity contribution is 0.496. The first-order chi connectivity index (χ1) is 7.24. The van der Waals surface area contributed by atoms with Crippen LogP contribution in [-0.2, 0) is 6.54 Å². The summed E-state index contributed by atoms with van der Waals surface area (Å²) in [5, 5.41) is 8.34. The SMILES string of the molecule is C=CCC(NCC)c1c(Cl)cnn1CC. The van der Waals surface area contributed by atoms with Crippen molar-refractivity contribution in [3.63, 3.8) is 0 Å². The van der Waals surface area contributed by atoms with Gasteiger partial charge in [0.1, 0.15) is 0 Å². The Kier molecular flexibility index (Phi) is 4.85. The number of rotatable bonds is 6. The molecule has 1 heterocycles. The molecule has 1 aromatic rings. The molecule has 0 radical (unpaired) electrons. The second-order valence-corrected chi connectivity index (χ2v) is 3.74. The first kappa shape index (κ1) is 12.3. The third-order valence-corrected chi connectivity index (χ3v) is 2.61. The molecule has 0 fully saturated rings. The largest absolute Gasteiger partial charge is 0.309 e. The van der Waals surface area contributed by atoms with Crippen LogP contribution in [0.5, 0.6) is 0 Å². The number of nitrogens with one attached hydrogen (secondary N) is 1. The highest BCUT2D eigenvalue weighted by Crippen LogP contribution is 2.25. The molecule has 1 rings (SSSR count). The average Bonchev–Trinajstić information content (AvgIpc) is 2.59. The van der Waals surface area contributed by atoms with Crippen molar-refractivity contribution in [1.82, 2.24) is 15.1 Å². The highest BCUT2D eigenvalue weighted by atomic mass is 35.5. The van der Waals surface area contributed by atoms with Gasteiger partial charge in [-0.1, -0.05) is 24.6 Å². The molecule has 84 valence electrons. The van der Waals surface area contributed by atoms with Gasteiger partial charge in [-0.15, -0.1) is 6.58 Å². The molecule has 1 unspecified atom stereocenters. The summed E-state index contributed by atoms with van der Waals surface area (Å²) >= 11 is 6.13. The fourth-order valence-electron chi connectivity index (χ4n) is 1.68. The van der Waals surface area contributed by atoms with Crippen molar-refractivity contribution in [3.8, 4) is 0 Å². The highest BCUT2D eigenvalue weighted by molar-refractivity contribution is 6.31. The van der Waals surface area contributed by atoms with E-state index < -0.39 is 0 Å². The molecule has 4 heteroatoms. The van der Waals surface area contributed by atoms with Crippen molar-refractivity contribution in [3.05, 3.63) is 29.6 Å². The fraction of sp³-hybridized carbons (Fsp3) is 0.545. The summed E-state index contributed by atoms with van der Waals surface area (Å²) in [4.78, 5) is 0. The van der Waals surface area contributed by atoms with Gasteiger partial charge in [0.05, 0.1) is 23.0 Å². The van der Waals surface area contributed by atoms with E-state index in [9.17, 15) is 0 Å². The van der Waals surface area contributed by atoms with Gasteiger partial charge in [0, 0.05) is 6.54 Å². The maximum atomic E-state index is 6.13. The molecule has 3 nitrogen and oxygen atoms in total. The Balaban J connectivity index is 2.96. The Morgan fingerprint density at radius 2 is 2.40 bits per heavy atom. The molecule has 0 saturated heterocycles. The van der Waals surface area contributed by atoms with Crippen molar-refractivity contribution >= 4 is 11.6 Å². The third-order valence-electron chi connectivity index (χ3n) is 2.32. The molecule has 0 aromatic carbocycles. The molecule has 0 bridgehead atoms. The standard InChI is InChI=1S/C11H18ClN3/c1-4-7-10(13-5-2)11-9(12)8-14-15(11)6-3/h4,8,10,13H,1,5-7H2,2-3H3. The normalized spacial score (nSPS) is 12.7. The zero-order valence-corrected chi connectivity index (χ0v) is 10.1. The summed E-state index contributed by atoms with van der Waals surface area (Å²) in [5.41, 5.74) is 1.06. The summed E-state index contributed by atoms with van der Waals surface area (Å²) in [6, 6.07) is 0.211. The molecule has 1 aromatic heterocycles. The first-order valence-electron chi connectivity index (χ1n) is 5.30. The van der Waals surface area contributed by atoms with Crippen molar-refractivity contribution < 1.29 is 0 Å². The Morgan fingerprint density at radius 1 is 1.67 bits per heavy atom. The van der Waals surface area contributed by atoms with E-state index in [1.165, 1.54) is 0 Å². The quantitative estimate of drug-likeness (QED) is 0.758. The number of aryl methyl sites for hydroxylation is 1. The van der Waals surface area contributed by atoms with E-state index in [0.29, 0.717) is 0 Å². The van der Waals surface area contributed by atoms with E-state index in [2.05, 4.69) is 30.8 Å². The van der Waals surface area contributed by atoms with Crippen molar-refractivity contribution in [1.29, 1.82) is 0 Å². The van der Waals surface area contributed by atoms with Crippen molar-refractivity contribution in [2.75, 3.05) is 6.54 Å². The molecule has 1 N–H and O–H groups in total. The summed E-state index contributed by atoms with van der Waals surface area (Å²) in [6.45, 7) is 9.65. The van der Waals surface area contributed by atoms with Gasteiger partial charge in [-0.3, -0.25) is 4.68 Å². The van der Waals surface area contributed by atoms with Gasteiger partial charge >= 0.3 is 0 Å². The zero-order chi connectivity index (χ0) is 11.3. The van der Waals surface area contributed by atoms with Crippen LogP contribution < -0.4 is 5.32 Å². The van der Waals surface area contributed by atoms with Crippen LogP contribution in [0.3, 0.4) is 0 Å². The number of hydrogen-bond donors (Lipinski definition) is 1. The minimum Gasteiger partial charge on any atom is -0.309 e. The van der Waals surface area contributed by atoms with Gasteiger partial charge in [0.15, 0.2) is 0 Å². The van der Waals surface area contributed by atoms with Crippen LogP contribution in [0.4, 0.5) is 0 Å². The Bertz CT molecular complexity index is 320. The van der Waals surface area contributed by atoms with Crippen LogP contribution in [0.25, 0.3) is 0 Å². The van der Waals surface area contributed by atoms with Crippen molar-refractivity contribution in [2.45, 2.75) is 32.9 Å². The predicted molar refractivity (Wildman–Crippen MR) is 64.1 cm³/mol. The number of halogens is 1. The Hall–Kier alpha value is -0.800. The van der Waals surface area contributed by atoms with E-state index in [0.717, 1.165) is 30.2 Å². The topological polar surface area (TPSA) is 29.9 Å². The molecule has 0 aliphatic rings. The predicted octanol–water partition coefficient (Wildman–Crippen LogP) is 2.78. The highest BCUT2D eigenvalue weighted by Gasteiger charge is 2.17. The van der Waals surface area contributed by atoms with Crippen LogP contribution in [0.2, 0.25) is 5.02 Å². The monoisotopic (exact) mass is 227 g/mol. The lowest BCUT2D eigenvalue weighted by Crippen LogP contribution is -2.23. The summed E-state index contributed by atoms with van der Waals surface area (Å²) in [7, 11) is 0. The molecule has 15 heavy (non-hydrogen) atoms. The second-order valence-electron chi connectivity index (χ2n) is 3.33. The van der Waals surface area contributed by atoms with Gasteiger partial charge in [0.2, 0.25) is 0 Å². The van der Waals surface area contributed by atoms with Gasteiger partial charge in [-0.05, 0) is 19.9 Å². The summed E-state index contributed by atoms with van der Waals surface area (Å²) in [6.07, 6.45) is 4.46. The third kappa shape index (κ3) is 2.83. The van der Waals surface area contributed by atoms with Crippen LogP contribution in [0, 0.1) is 0 Å². The maximum absolute atomic E-state index is 6.13. The average molecular weight is 228 g/mol. The number of nitrogens with zero attached hydrogens (tertiary/aromatic N) is 2. The fourth-order valence-corrected chi connectivity index (χ4v) is 1.95. The maximum Gasteiger partial charge on any atom is 0.0834 e. The van der Waals surface area contributed by atoms with Crippen LogP contribution in [0.15, 0.2) is 18.9 Å².